The van der Waals surface area contributed by atoms with Gasteiger partial charge < -0.3 is 29.9 Å². The molecule has 35 heavy (non-hydrogen) atoms. The normalized spacial score (nSPS) is 17.8. The molecule has 0 atom stereocenters. The predicted molar refractivity (Wildman–Crippen MR) is 132 cm³/mol. The van der Waals surface area contributed by atoms with Gasteiger partial charge in [0.2, 0.25) is 6.79 Å². The Labute approximate surface area is 205 Å². The number of urea groups is 1. The SMILES string of the molecule is O=C(NCc1ccc2c(c1)OCO2)c1cccnc1N1CCN(C(=O)NCC2CCCCC2)CC1. The third kappa shape index (κ3) is 5.61. The number of rotatable bonds is 6. The lowest BCUT2D eigenvalue weighted by atomic mass is 9.89. The highest BCUT2D eigenvalue weighted by atomic mass is 16.7. The second-order valence-corrected chi connectivity index (χ2v) is 9.41. The van der Waals surface area contributed by atoms with Gasteiger partial charge in [-0.1, -0.05) is 25.3 Å². The van der Waals surface area contributed by atoms with Crippen molar-refractivity contribution in [3.05, 3.63) is 47.7 Å². The van der Waals surface area contributed by atoms with Gasteiger partial charge in [0.05, 0.1) is 5.56 Å². The molecule has 3 aliphatic rings. The van der Waals surface area contributed by atoms with Gasteiger partial charge in [0.1, 0.15) is 5.82 Å². The van der Waals surface area contributed by atoms with E-state index in [0.29, 0.717) is 55.8 Å². The number of fused-ring (bicyclic) bond motifs is 1. The Bertz CT molecular complexity index is 1050. The van der Waals surface area contributed by atoms with E-state index in [1.165, 1.54) is 32.1 Å². The molecular formula is C26H33N5O4. The van der Waals surface area contributed by atoms with Crippen LogP contribution in [0, 0.1) is 5.92 Å². The fraction of sp³-hybridized carbons (Fsp3) is 0.500. The van der Waals surface area contributed by atoms with Gasteiger partial charge in [-0.05, 0) is 48.6 Å². The number of hydrogen-bond acceptors (Lipinski definition) is 6. The van der Waals surface area contributed by atoms with Crippen LogP contribution in [0.4, 0.5) is 10.6 Å². The van der Waals surface area contributed by atoms with Crippen LogP contribution in [0.3, 0.4) is 0 Å². The van der Waals surface area contributed by atoms with Gasteiger partial charge in [0.25, 0.3) is 5.91 Å². The minimum atomic E-state index is -0.182. The van der Waals surface area contributed by atoms with Crippen molar-refractivity contribution in [2.45, 2.75) is 38.6 Å². The zero-order valence-electron chi connectivity index (χ0n) is 20.0. The van der Waals surface area contributed by atoms with Crippen molar-refractivity contribution in [2.24, 2.45) is 5.92 Å². The highest BCUT2D eigenvalue weighted by Crippen LogP contribution is 2.32. The second-order valence-electron chi connectivity index (χ2n) is 9.41. The van der Waals surface area contributed by atoms with Crippen molar-refractivity contribution in [2.75, 3.05) is 44.4 Å². The number of benzene rings is 1. The molecule has 2 aliphatic heterocycles. The van der Waals surface area contributed by atoms with E-state index in [4.69, 9.17) is 9.47 Å². The fourth-order valence-corrected chi connectivity index (χ4v) is 5.01. The van der Waals surface area contributed by atoms with Crippen LogP contribution in [0.1, 0.15) is 48.0 Å². The Morgan fingerprint density at radius 1 is 0.971 bits per heavy atom. The van der Waals surface area contributed by atoms with Crippen LogP contribution in [0.25, 0.3) is 0 Å². The molecule has 3 amide bonds. The summed E-state index contributed by atoms with van der Waals surface area (Å²) in [6.07, 6.45) is 8.00. The van der Waals surface area contributed by atoms with Gasteiger partial charge in [-0.2, -0.15) is 0 Å². The van der Waals surface area contributed by atoms with Crippen LogP contribution in [-0.2, 0) is 6.54 Å². The van der Waals surface area contributed by atoms with Crippen molar-refractivity contribution in [3.8, 4) is 11.5 Å². The van der Waals surface area contributed by atoms with Crippen molar-refractivity contribution < 1.29 is 19.1 Å². The number of nitrogens with one attached hydrogen (secondary N) is 2. The molecule has 9 nitrogen and oxygen atoms in total. The van der Waals surface area contributed by atoms with Crippen LogP contribution < -0.4 is 25.0 Å². The van der Waals surface area contributed by atoms with Crippen molar-refractivity contribution in [3.63, 3.8) is 0 Å². The summed E-state index contributed by atoms with van der Waals surface area (Å²) in [6, 6.07) is 9.22. The quantitative estimate of drug-likeness (QED) is 0.661. The minimum absolute atomic E-state index is 0.0120. The van der Waals surface area contributed by atoms with E-state index >= 15 is 0 Å². The Balaban J connectivity index is 1.14. The molecular weight excluding hydrogens is 446 g/mol. The molecule has 2 aromatic rings. The molecule has 0 unspecified atom stereocenters. The van der Waals surface area contributed by atoms with Gasteiger partial charge in [-0.3, -0.25) is 4.79 Å². The summed E-state index contributed by atoms with van der Waals surface area (Å²) in [5.74, 6) is 2.49. The molecule has 0 radical (unpaired) electrons. The smallest absolute Gasteiger partial charge is 0.317 e. The lowest BCUT2D eigenvalue weighted by molar-refractivity contribution is 0.0950. The molecule has 1 aliphatic carbocycles. The molecule has 3 heterocycles. The summed E-state index contributed by atoms with van der Waals surface area (Å²) in [4.78, 5) is 34.1. The molecule has 1 saturated heterocycles. The van der Waals surface area contributed by atoms with E-state index in [1.807, 2.05) is 23.1 Å². The topological polar surface area (TPSA) is 96.0 Å². The summed E-state index contributed by atoms with van der Waals surface area (Å²) in [5.41, 5.74) is 1.46. The summed E-state index contributed by atoms with van der Waals surface area (Å²) in [6.45, 7) is 3.84. The van der Waals surface area contributed by atoms with Gasteiger partial charge >= 0.3 is 6.03 Å². The van der Waals surface area contributed by atoms with Gasteiger partial charge in [-0.15, -0.1) is 0 Å². The zero-order valence-corrected chi connectivity index (χ0v) is 20.0. The monoisotopic (exact) mass is 479 g/mol. The average Bonchev–Trinajstić information content (AvgIpc) is 3.39. The standard InChI is InChI=1S/C26H33N5O4/c32-25(28-17-20-8-9-22-23(15-20)35-18-34-22)21-7-4-10-27-24(21)30-11-13-31(14-12-30)26(33)29-16-19-5-2-1-3-6-19/h4,7-10,15,19H,1-3,5-6,11-14,16-18H2,(H,28,32)(H,29,33). The number of hydrogen-bond donors (Lipinski definition) is 2. The average molecular weight is 480 g/mol. The lowest BCUT2D eigenvalue weighted by Gasteiger charge is -2.36. The Kier molecular flexibility index (Phi) is 7.20. The van der Waals surface area contributed by atoms with Crippen LogP contribution in [0.2, 0.25) is 0 Å². The van der Waals surface area contributed by atoms with Gasteiger partial charge in [0, 0.05) is 45.5 Å². The third-order valence-corrected chi connectivity index (χ3v) is 7.05. The maximum Gasteiger partial charge on any atom is 0.317 e. The largest absolute Gasteiger partial charge is 0.454 e. The number of anilines is 1. The van der Waals surface area contributed by atoms with Crippen LogP contribution in [0.5, 0.6) is 11.5 Å². The van der Waals surface area contributed by atoms with E-state index in [0.717, 1.165) is 17.9 Å². The van der Waals surface area contributed by atoms with Gasteiger partial charge in [-0.25, -0.2) is 9.78 Å². The maximum absolute atomic E-state index is 13.0. The number of carbonyl (C=O) groups excluding carboxylic acids is 2. The Morgan fingerprint density at radius 2 is 1.77 bits per heavy atom. The molecule has 0 bridgehead atoms. The Morgan fingerprint density at radius 3 is 2.60 bits per heavy atom. The van der Waals surface area contributed by atoms with Crippen LogP contribution >= 0.6 is 0 Å². The summed E-state index contributed by atoms with van der Waals surface area (Å²) >= 11 is 0. The molecule has 1 saturated carbocycles. The molecule has 9 heteroatoms. The van der Waals surface area contributed by atoms with Crippen molar-refractivity contribution in [1.29, 1.82) is 0 Å². The molecule has 1 aromatic carbocycles. The first-order chi connectivity index (χ1) is 17.2. The highest BCUT2D eigenvalue weighted by Gasteiger charge is 2.25. The highest BCUT2D eigenvalue weighted by molar-refractivity contribution is 5.98. The Hall–Kier alpha value is -3.49. The lowest BCUT2D eigenvalue weighted by Crippen LogP contribution is -2.53. The first-order valence-corrected chi connectivity index (χ1v) is 12.6. The number of piperazine rings is 1. The maximum atomic E-state index is 13.0. The summed E-state index contributed by atoms with van der Waals surface area (Å²) < 4.78 is 10.8. The minimum Gasteiger partial charge on any atom is -0.454 e. The zero-order chi connectivity index (χ0) is 24.0. The number of carbonyl (C=O) groups is 2. The number of pyridine rings is 1. The fourth-order valence-electron chi connectivity index (χ4n) is 5.01. The molecule has 0 spiro atoms. The number of nitrogens with zero attached hydrogens (tertiary/aromatic N) is 3. The molecule has 186 valence electrons. The van der Waals surface area contributed by atoms with Crippen LogP contribution in [-0.4, -0.2) is 61.3 Å². The number of ether oxygens (including phenoxy) is 2. The van der Waals surface area contributed by atoms with Crippen LogP contribution in [0.15, 0.2) is 36.5 Å². The number of aromatic nitrogens is 1. The first kappa shape index (κ1) is 23.3. The van der Waals surface area contributed by atoms with Crippen molar-refractivity contribution in [1.82, 2.24) is 20.5 Å². The van der Waals surface area contributed by atoms with E-state index in [1.54, 1.807) is 18.3 Å². The molecule has 1 aromatic heterocycles. The van der Waals surface area contributed by atoms with E-state index in [9.17, 15) is 9.59 Å². The van der Waals surface area contributed by atoms with E-state index < -0.39 is 0 Å². The van der Waals surface area contributed by atoms with Crippen molar-refractivity contribution >= 4 is 17.8 Å². The van der Waals surface area contributed by atoms with E-state index in [-0.39, 0.29) is 18.7 Å². The van der Waals surface area contributed by atoms with Gasteiger partial charge in [0.15, 0.2) is 11.5 Å². The summed E-state index contributed by atoms with van der Waals surface area (Å²) in [5, 5.41) is 6.11. The first-order valence-electron chi connectivity index (χ1n) is 12.6. The summed E-state index contributed by atoms with van der Waals surface area (Å²) in [7, 11) is 0. The molecule has 5 rings (SSSR count). The predicted octanol–water partition coefficient (Wildman–Crippen LogP) is 3.15. The molecule has 2 fully saturated rings. The third-order valence-electron chi connectivity index (χ3n) is 7.05. The molecule has 2 N–H and O–H groups in total. The second kappa shape index (κ2) is 10.8. The van der Waals surface area contributed by atoms with E-state index in [2.05, 4.69) is 20.5 Å². The number of amides is 3.